The molecule has 0 aliphatic carbocycles. The lowest BCUT2D eigenvalue weighted by molar-refractivity contribution is 0.340. The number of guanidine groups is 1. The predicted molar refractivity (Wildman–Crippen MR) is 70.0 cm³/mol. The smallest absolute Gasteiger partial charge is 0.201 e. The summed E-state index contributed by atoms with van der Waals surface area (Å²) in [6, 6.07) is 7.88. The summed E-state index contributed by atoms with van der Waals surface area (Å²) in [5.41, 5.74) is 0.962. The molecule has 1 aromatic rings. The highest BCUT2D eigenvalue weighted by Crippen LogP contribution is 2.19. The third-order valence-corrected chi connectivity index (χ3v) is 2.83. The first-order valence-corrected chi connectivity index (χ1v) is 5.94. The van der Waals surface area contributed by atoms with Crippen molar-refractivity contribution < 1.29 is 4.74 Å². The Morgan fingerprint density at radius 3 is 2.24 bits per heavy atom. The van der Waals surface area contributed by atoms with Gasteiger partial charge in [-0.2, -0.15) is 0 Å². The zero-order chi connectivity index (χ0) is 12.3. The molecule has 2 rings (SSSR count). The Morgan fingerprint density at radius 2 is 1.71 bits per heavy atom. The van der Waals surface area contributed by atoms with Crippen LogP contribution in [-0.2, 0) is 0 Å². The van der Waals surface area contributed by atoms with Crippen LogP contribution in [0.4, 0.5) is 5.69 Å². The maximum atomic E-state index is 5.40. The third kappa shape index (κ3) is 2.70. The number of aliphatic imine (C=N–C) groups is 1. The third-order valence-electron chi connectivity index (χ3n) is 2.83. The van der Waals surface area contributed by atoms with Gasteiger partial charge in [-0.05, 0) is 31.2 Å². The Morgan fingerprint density at radius 1 is 1.12 bits per heavy atom. The minimum absolute atomic E-state index is 0.694. The number of hydrogen-bond acceptors (Lipinski definition) is 2. The van der Waals surface area contributed by atoms with E-state index in [0.717, 1.165) is 30.5 Å². The number of benzene rings is 1. The number of ether oxygens (including phenoxy) is 1. The van der Waals surface area contributed by atoms with E-state index >= 15 is 0 Å². The fraction of sp³-hybridized carbons (Fsp3) is 0.462. The van der Waals surface area contributed by atoms with Gasteiger partial charge in [0, 0.05) is 27.2 Å². The van der Waals surface area contributed by atoms with E-state index in [2.05, 4.69) is 28.9 Å². The first kappa shape index (κ1) is 11.8. The van der Waals surface area contributed by atoms with E-state index in [1.165, 1.54) is 0 Å². The highest BCUT2D eigenvalue weighted by Gasteiger charge is 2.19. The van der Waals surface area contributed by atoms with E-state index in [0.29, 0.717) is 6.61 Å². The second-order valence-corrected chi connectivity index (χ2v) is 4.18. The summed E-state index contributed by atoms with van der Waals surface area (Å²) >= 11 is 0. The first-order chi connectivity index (χ1) is 8.20. The lowest BCUT2D eigenvalue weighted by Crippen LogP contribution is -2.27. The molecule has 1 saturated heterocycles. The van der Waals surface area contributed by atoms with E-state index in [-0.39, 0.29) is 0 Å². The van der Waals surface area contributed by atoms with Crippen LogP contribution in [-0.4, -0.2) is 49.6 Å². The number of rotatable bonds is 3. The van der Waals surface area contributed by atoms with Crippen molar-refractivity contribution in [2.45, 2.75) is 6.92 Å². The van der Waals surface area contributed by atoms with Crippen molar-refractivity contribution in [3.63, 3.8) is 0 Å². The van der Waals surface area contributed by atoms with E-state index in [4.69, 9.17) is 4.74 Å². The lowest BCUT2D eigenvalue weighted by atomic mass is 10.3. The average Bonchev–Trinajstić information content (AvgIpc) is 2.64. The normalized spacial score (nSPS) is 15.4. The summed E-state index contributed by atoms with van der Waals surface area (Å²) in [7, 11) is 4.13. The van der Waals surface area contributed by atoms with Gasteiger partial charge in [-0.25, -0.2) is 4.99 Å². The van der Waals surface area contributed by atoms with Gasteiger partial charge in [-0.1, -0.05) is 0 Å². The molecular formula is C13H19N3O. The van der Waals surface area contributed by atoms with Gasteiger partial charge in [-0.15, -0.1) is 0 Å². The molecule has 4 heteroatoms. The first-order valence-electron chi connectivity index (χ1n) is 5.94. The summed E-state index contributed by atoms with van der Waals surface area (Å²) in [4.78, 5) is 8.96. The molecule has 4 nitrogen and oxygen atoms in total. The molecule has 0 radical (unpaired) electrons. The molecule has 1 aromatic carbocycles. The maximum absolute atomic E-state index is 5.40. The number of likely N-dealkylation sites (N-methyl/N-ethyl adjacent to an activating group) is 2. The monoisotopic (exact) mass is 233 g/mol. The molecule has 0 aromatic heterocycles. The molecule has 0 unspecified atom stereocenters. The van der Waals surface area contributed by atoms with Crippen molar-refractivity contribution in [1.82, 2.24) is 9.80 Å². The second-order valence-electron chi connectivity index (χ2n) is 4.18. The van der Waals surface area contributed by atoms with Crippen LogP contribution in [0.2, 0.25) is 0 Å². The Labute approximate surface area is 103 Å². The average molecular weight is 233 g/mol. The Kier molecular flexibility index (Phi) is 3.52. The molecule has 0 N–H and O–H groups in total. The molecular weight excluding hydrogens is 214 g/mol. The minimum Gasteiger partial charge on any atom is -0.494 e. The summed E-state index contributed by atoms with van der Waals surface area (Å²) in [5, 5.41) is 0. The minimum atomic E-state index is 0.694. The molecule has 0 bridgehead atoms. The van der Waals surface area contributed by atoms with Crippen LogP contribution in [0.3, 0.4) is 0 Å². The standard InChI is InChI=1S/C13H19N3O/c1-4-17-12-7-5-11(6-8-12)14-13-15(2)9-10-16(13)3/h5-8H,4,9-10H2,1-3H3. The van der Waals surface area contributed by atoms with Crippen LogP contribution in [0.1, 0.15) is 6.92 Å². The zero-order valence-corrected chi connectivity index (χ0v) is 10.7. The summed E-state index contributed by atoms with van der Waals surface area (Å²) in [6.07, 6.45) is 0. The highest BCUT2D eigenvalue weighted by atomic mass is 16.5. The van der Waals surface area contributed by atoms with Crippen molar-refractivity contribution in [2.75, 3.05) is 33.8 Å². The molecule has 0 saturated carbocycles. The van der Waals surface area contributed by atoms with Crippen LogP contribution in [0.25, 0.3) is 0 Å². The number of nitrogens with zero attached hydrogens (tertiary/aromatic N) is 3. The van der Waals surface area contributed by atoms with Gasteiger partial charge in [-0.3, -0.25) is 0 Å². The quantitative estimate of drug-likeness (QED) is 0.798. The van der Waals surface area contributed by atoms with Crippen molar-refractivity contribution >= 4 is 11.6 Å². The van der Waals surface area contributed by atoms with Gasteiger partial charge < -0.3 is 14.5 Å². The molecule has 1 fully saturated rings. The van der Waals surface area contributed by atoms with Crippen LogP contribution < -0.4 is 4.74 Å². The highest BCUT2D eigenvalue weighted by molar-refractivity contribution is 5.84. The summed E-state index contributed by atoms with van der Waals surface area (Å²) in [5.74, 6) is 1.92. The molecule has 17 heavy (non-hydrogen) atoms. The van der Waals surface area contributed by atoms with Gasteiger partial charge in [0.15, 0.2) is 0 Å². The van der Waals surface area contributed by atoms with Gasteiger partial charge >= 0.3 is 0 Å². The maximum Gasteiger partial charge on any atom is 0.201 e. The molecule has 0 spiro atoms. The van der Waals surface area contributed by atoms with Crippen LogP contribution in [0, 0.1) is 0 Å². The van der Waals surface area contributed by atoms with Crippen molar-refractivity contribution in [2.24, 2.45) is 4.99 Å². The van der Waals surface area contributed by atoms with Crippen molar-refractivity contribution in [1.29, 1.82) is 0 Å². The molecule has 0 atom stereocenters. The Bertz CT molecular complexity index is 388. The van der Waals surface area contributed by atoms with E-state index in [1.54, 1.807) is 0 Å². The predicted octanol–water partition coefficient (Wildman–Crippen LogP) is 1.95. The fourth-order valence-corrected chi connectivity index (χ4v) is 1.86. The SMILES string of the molecule is CCOc1ccc(N=C2N(C)CCN2C)cc1. The lowest BCUT2D eigenvalue weighted by Gasteiger charge is -2.15. The molecule has 0 amide bonds. The van der Waals surface area contributed by atoms with Crippen molar-refractivity contribution in [3.8, 4) is 5.75 Å². The topological polar surface area (TPSA) is 28.1 Å². The number of hydrogen-bond donors (Lipinski definition) is 0. The van der Waals surface area contributed by atoms with Crippen LogP contribution in [0.5, 0.6) is 5.75 Å². The van der Waals surface area contributed by atoms with Crippen LogP contribution in [0.15, 0.2) is 29.3 Å². The molecule has 92 valence electrons. The van der Waals surface area contributed by atoms with Crippen LogP contribution >= 0.6 is 0 Å². The van der Waals surface area contributed by atoms with Crippen molar-refractivity contribution in [3.05, 3.63) is 24.3 Å². The molecule has 1 heterocycles. The zero-order valence-electron chi connectivity index (χ0n) is 10.7. The molecule has 1 aliphatic heterocycles. The Hall–Kier alpha value is -1.71. The second kappa shape index (κ2) is 5.08. The van der Waals surface area contributed by atoms with Gasteiger partial charge in [0.25, 0.3) is 0 Å². The van der Waals surface area contributed by atoms with Gasteiger partial charge in [0.05, 0.1) is 12.3 Å². The van der Waals surface area contributed by atoms with E-state index < -0.39 is 0 Å². The molecule has 1 aliphatic rings. The Balaban J connectivity index is 2.15. The van der Waals surface area contributed by atoms with E-state index in [1.807, 2.05) is 31.2 Å². The van der Waals surface area contributed by atoms with E-state index in [9.17, 15) is 0 Å². The summed E-state index contributed by atoms with van der Waals surface area (Å²) in [6.45, 7) is 4.74. The van der Waals surface area contributed by atoms with Gasteiger partial charge in [0.1, 0.15) is 5.75 Å². The summed E-state index contributed by atoms with van der Waals surface area (Å²) < 4.78 is 5.40. The fourth-order valence-electron chi connectivity index (χ4n) is 1.86. The van der Waals surface area contributed by atoms with Gasteiger partial charge in [0.2, 0.25) is 5.96 Å². The largest absolute Gasteiger partial charge is 0.494 e.